The van der Waals surface area contributed by atoms with Crippen molar-refractivity contribution in [3.63, 3.8) is 0 Å². The maximum absolute atomic E-state index is 13.7. The Hall–Kier alpha value is -2.12. The number of benzene rings is 1. The molecule has 45 heavy (non-hydrogen) atoms. The van der Waals surface area contributed by atoms with E-state index in [1.165, 1.54) is 6.92 Å². The summed E-state index contributed by atoms with van der Waals surface area (Å²) in [5.41, 5.74) is -3.74. The monoisotopic (exact) mass is 629 g/mol. The Morgan fingerprint density at radius 1 is 1.00 bits per heavy atom. The molecule has 0 radical (unpaired) electrons. The number of likely N-dealkylation sites (tertiary alicyclic amines) is 1. The summed E-state index contributed by atoms with van der Waals surface area (Å²) in [6.07, 6.45) is -2.55. The van der Waals surface area contributed by atoms with Gasteiger partial charge < -0.3 is 38.6 Å². The van der Waals surface area contributed by atoms with E-state index in [9.17, 15) is 19.8 Å². The normalized spacial score (nSPS) is 49.1. The van der Waals surface area contributed by atoms with Crippen molar-refractivity contribution >= 4 is 11.9 Å². The van der Waals surface area contributed by atoms with Gasteiger partial charge in [0.15, 0.2) is 0 Å². The summed E-state index contributed by atoms with van der Waals surface area (Å²) < 4.78 is 37.9. The molecule has 1 heterocycles. The molecule has 7 bridgehead atoms. The maximum atomic E-state index is 13.7. The van der Waals surface area contributed by atoms with Gasteiger partial charge in [-0.25, -0.2) is 4.79 Å². The molecule has 5 saturated carbocycles. The number of piperidine rings is 1. The molecule has 11 heteroatoms. The Morgan fingerprint density at radius 3 is 2.31 bits per heavy atom. The molecule has 11 nitrogen and oxygen atoms in total. The second-order valence-electron chi connectivity index (χ2n) is 14.4. The van der Waals surface area contributed by atoms with E-state index < -0.39 is 76.3 Å². The van der Waals surface area contributed by atoms with Gasteiger partial charge in [-0.15, -0.1) is 0 Å². The SMILES string of the molecule is CCN1CC2(COC)C(O)CC(OC)C34C5CC6(O)C(OC)CC(OC(C)=O)(C5C6OC(=O)c5ccccc5)C(C(OC)C23)C14. The van der Waals surface area contributed by atoms with Crippen LogP contribution in [0.1, 0.15) is 43.5 Å². The van der Waals surface area contributed by atoms with E-state index in [1.54, 1.807) is 52.7 Å². The third-order valence-corrected chi connectivity index (χ3v) is 13.1. The summed E-state index contributed by atoms with van der Waals surface area (Å²) in [6.45, 7) is 5.08. The summed E-state index contributed by atoms with van der Waals surface area (Å²) in [5, 5.41) is 24.8. The van der Waals surface area contributed by atoms with Crippen LogP contribution in [0.25, 0.3) is 0 Å². The predicted molar refractivity (Wildman–Crippen MR) is 159 cm³/mol. The molecule has 1 aromatic carbocycles. The van der Waals surface area contributed by atoms with Crippen molar-refractivity contribution in [3.8, 4) is 0 Å². The van der Waals surface area contributed by atoms with Crippen molar-refractivity contribution in [1.82, 2.24) is 4.90 Å². The van der Waals surface area contributed by atoms with Gasteiger partial charge in [-0.2, -0.15) is 0 Å². The number of aliphatic hydroxyl groups is 2. The van der Waals surface area contributed by atoms with Crippen molar-refractivity contribution < 1.29 is 48.2 Å². The Kier molecular flexibility index (Phi) is 7.48. The van der Waals surface area contributed by atoms with Crippen LogP contribution in [0, 0.1) is 34.5 Å². The summed E-state index contributed by atoms with van der Waals surface area (Å²) >= 11 is 0. The molecule has 0 aromatic heterocycles. The van der Waals surface area contributed by atoms with E-state index in [4.69, 9.17) is 28.4 Å². The van der Waals surface area contributed by atoms with Crippen LogP contribution in [0.15, 0.2) is 30.3 Å². The van der Waals surface area contributed by atoms with E-state index >= 15 is 0 Å². The van der Waals surface area contributed by atoms with Crippen molar-refractivity contribution in [2.45, 2.75) is 80.9 Å². The molecule has 1 aromatic rings. The highest BCUT2D eigenvalue weighted by Crippen LogP contribution is 2.80. The molecule has 6 aliphatic rings. The first-order valence-corrected chi connectivity index (χ1v) is 16.2. The molecule has 1 saturated heterocycles. The maximum Gasteiger partial charge on any atom is 0.338 e. The molecule has 1 spiro atoms. The average Bonchev–Trinajstić information content (AvgIpc) is 3.40. The number of carbonyl (C=O) groups excluding carboxylic acids is 2. The van der Waals surface area contributed by atoms with Gasteiger partial charge in [-0.3, -0.25) is 9.69 Å². The minimum Gasteiger partial charge on any atom is -0.458 e. The second-order valence-corrected chi connectivity index (χ2v) is 14.4. The highest BCUT2D eigenvalue weighted by Gasteiger charge is 2.90. The Balaban J connectivity index is 1.50. The van der Waals surface area contributed by atoms with Crippen LogP contribution >= 0.6 is 0 Å². The number of ether oxygens (including phenoxy) is 6. The first kappa shape index (κ1) is 31.5. The van der Waals surface area contributed by atoms with E-state index in [0.29, 0.717) is 31.7 Å². The lowest BCUT2D eigenvalue weighted by Crippen LogP contribution is -2.79. The first-order valence-electron chi connectivity index (χ1n) is 16.2. The van der Waals surface area contributed by atoms with E-state index in [2.05, 4.69) is 11.8 Å². The third-order valence-electron chi connectivity index (χ3n) is 13.1. The molecular weight excluding hydrogens is 582 g/mol. The number of fused-ring (bicyclic) bond motifs is 2. The van der Waals surface area contributed by atoms with Gasteiger partial charge in [0.1, 0.15) is 17.3 Å². The second kappa shape index (κ2) is 10.7. The van der Waals surface area contributed by atoms with Crippen molar-refractivity contribution in [3.05, 3.63) is 35.9 Å². The number of aliphatic hydroxyl groups excluding tert-OH is 1. The molecule has 14 atom stereocenters. The van der Waals surface area contributed by atoms with Gasteiger partial charge in [0.25, 0.3) is 0 Å². The summed E-state index contributed by atoms with van der Waals surface area (Å²) in [7, 11) is 6.58. The quantitative estimate of drug-likeness (QED) is 0.387. The lowest BCUT2D eigenvalue weighted by molar-refractivity contribution is -0.300. The molecule has 1 aliphatic heterocycles. The van der Waals surface area contributed by atoms with Crippen LogP contribution in [0.2, 0.25) is 0 Å². The molecule has 248 valence electrons. The van der Waals surface area contributed by atoms with E-state index in [1.807, 2.05) is 6.07 Å². The number of hydrogen-bond acceptors (Lipinski definition) is 11. The number of esters is 2. The summed E-state index contributed by atoms with van der Waals surface area (Å²) in [5.74, 6) is -2.55. The molecular formula is C34H47NO10. The Bertz CT molecular complexity index is 1330. The largest absolute Gasteiger partial charge is 0.458 e. The first-order chi connectivity index (χ1) is 21.5. The van der Waals surface area contributed by atoms with Crippen molar-refractivity contribution in [2.75, 3.05) is 48.1 Å². The number of methoxy groups -OCH3 is 4. The number of rotatable bonds is 9. The van der Waals surface area contributed by atoms with Crippen LogP contribution < -0.4 is 0 Å². The van der Waals surface area contributed by atoms with Gasteiger partial charge in [0.05, 0.1) is 36.6 Å². The van der Waals surface area contributed by atoms with Gasteiger partial charge >= 0.3 is 11.9 Å². The molecule has 14 unspecified atom stereocenters. The zero-order valence-electron chi connectivity index (χ0n) is 27.0. The van der Waals surface area contributed by atoms with Gasteiger partial charge in [-0.1, -0.05) is 25.1 Å². The van der Waals surface area contributed by atoms with Crippen molar-refractivity contribution in [1.29, 1.82) is 0 Å². The van der Waals surface area contributed by atoms with Gasteiger partial charge in [-0.05, 0) is 31.0 Å². The van der Waals surface area contributed by atoms with E-state index in [0.717, 1.165) is 0 Å². The highest BCUT2D eigenvalue weighted by atomic mass is 16.6. The van der Waals surface area contributed by atoms with Crippen molar-refractivity contribution in [2.24, 2.45) is 34.5 Å². The van der Waals surface area contributed by atoms with Crippen LogP contribution in [0.5, 0.6) is 0 Å². The zero-order valence-corrected chi connectivity index (χ0v) is 27.0. The fraction of sp³-hybridized carbons (Fsp3) is 0.765. The predicted octanol–water partition coefficient (Wildman–Crippen LogP) is 1.68. The molecule has 0 amide bonds. The highest BCUT2D eigenvalue weighted by molar-refractivity contribution is 5.89. The summed E-state index contributed by atoms with van der Waals surface area (Å²) in [4.78, 5) is 29.3. The van der Waals surface area contributed by atoms with Gasteiger partial charge in [0.2, 0.25) is 0 Å². The topological polar surface area (TPSA) is 133 Å². The minimum atomic E-state index is -1.55. The average molecular weight is 630 g/mol. The molecule has 7 rings (SSSR count). The number of hydrogen-bond donors (Lipinski definition) is 2. The molecule has 5 aliphatic carbocycles. The van der Waals surface area contributed by atoms with Crippen LogP contribution in [0.4, 0.5) is 0 Å². The molecule has 6 fully saturated rings. The van der Waals surface area contributed by atoms with Crippen LogP contribution in [-0.4, -0.2) is 123 Å². The fourth-order valence-electron chi connectivity index (χ4n) is 12.2. The molecule has 2 N–H and O–H groups in total. The number of nitrogens with zero attached hydrogens (tertiary/aromatic N) is 1. The standard InChI is InChI=1S/C34H47NO10/c1-7-35-16-31(17-40-3)21(37)13-22(41-4)34-20-14-32(39)23(42-5)15-33(45-18(2)36,25(28(34)35)26(43-6)27(31)34)24(20)29(32)44-30(38)19-11-9-8-10-12-19/h8-12,20-29,37,39H,7,13-17H2,1-6H3. The smallest absolute Gasteiger partial charge is 0.338 e. The lowest BCUT2D eigenvalue weighted by atomic mass is 9.42. The minimum absolute atomic E-state index is 0.163. The number of carbonyl (C=O) groups is 2. The van der Waals surface area contributed by atoms with Gasteiger partial charge in [0, 0.05) is 89.4 Å². The Labute approximate surface area is 264 Å². The zero-order chi connectivity index (χ0) is 32.1. The van der Waals surface area contributed by atoms with Crippen LogP contribution in [0.3, 0.4) is 0 Å². The fourth-order valence-corrected chi connectivity index (χ4v) is 12.2. The third kappa shape index (κ3) is 3.72. The van der Waals surface area contributed by atoms with Crippen LogP contribution in [-0.2, 0) is 33.2 Å². The summed E-state index contributed by atoms with van der Waals surface area (Å²) in [6, 6.07) is 8.56. The Morgan fingerprint density at radius 2 is 1.71 bits per heavy atom. The van der Waals surface area contributed by atoms with E-state index in [-0.39, 0.29) is 30.7 Å². The lowest BCUT2D eigenvalue weighted by Gasteiger charge is -2.70.